The molecule has 0 atom stereocenters. The van der Waals surface area contributed by atoms with Crippen molar-refractivity contribution in [2.24, 2.45) is 0 Å². The van der Waals surface area contributed by atoms with E-state index in [0.717, 1.165) is 56.6 Å². The van der Waals surface area contributed by atoms with Crippen molar-refractivity contribution in [3.8, 4) is 56.0 Å². The maximum atomic E-state index is 6.49. The zero-order valence-corrected chi connectivity index (χ0v) is 44.2. The maximum Gasteiger partial charge on any atom is 0.144 e. The molecule has 6 heteroatoms. The van der Waals surface area contributed by atoms with Crippen molar-refractivity contribution in [3.05, 3.63) is 216 Å². The van der Waals surface area contributed by atoms with Crippen LogP contribution in [0.25, 0.3) is 78.0 Å². The quantitative estimate of drug-likeness (QED) is 0.142. The zero-order valence-electron chi connectivity index (χ0n) is 40.8. The van der Waals surface area contributed by atoms with E-state index in [1.165, 1.54) is 60.8 Å². The number of benzene rings is 6. The van der Waals surface area contributed by atoms with Gasteiger partial charge in [0.05, 0.1) is 25.2 Å². The summed E-state index contributed by atoms with van der Waals surface area (Å²) in [5, 5.41) is 3.73. The summed E-state index contributed by atoms with van der Waals surface area (Å²) in [6, 6.07) is 59.1. The minimum atomic E-state index is -1.33. The van der Waals surface area contributed by atoms with Crippen LogP contribution in [0.5, 0.6) is 0 Å². The number of hydrogen-bond acceptors (Lipinski definition) is 4. The van der Waals surface area contributed by atoms with Gasteiger partial charge in [-0.3, -0.25) is 15.0 Å². The first-order valence-electron chi connectivity index (χ1n) is 23.5. The second-order valence-corrected chi connectivity index (χ2v) is 23.7. The number of furan rings is 1. The molecular weight excluding hydrogens is 1020 g/mol. The van der Waals surface area contributed by atoms with Crippen molar-refractivity contribution >= 4 is 35.2 Å². The molecule has 10 rings (SSSR count). The molecule has 10 aromatic rings. The molecule has 0 spiro atoms. The van der Waals surface area contributed by atoms with Crippen LogP contribution in [0.3, 0.4) is 0 Å². The number of nitrogens with zero attached hydrogens (tertiary/aromatic N) is 3. The van der Waals surface area contributed by atoms with Gasteiger partial charge in [0.25, 0.3) is 0 Å². The fourth-order valence-electron chi connectivity index (χ4n) is 8.85. The van der Waals surface area contributed by atoms with Gasteiger partial charge < -0.3 is 4.42 Å². The van der Waals surface area contributed by atoms with Crippen molar-refractivity contribution in [1.29, 1.82) is 0 Å². The second kappa shape index (κ2) is 22.0. The van der Waals surface area contributed by atoms with E-state index in [1.54, 1.807) is 0 Å². The summed E-state index contributed by atoms with van der Waals surface area (Å²) in [6.07, 6.45) is 7.02. The van der Waals surface area contributed by atoms with Crippen LogP contribution >= 0.6 is 0 Å². The number of aromatic nitrogens is 3. The molecule has 0 bridgehead atoms. The summed E-state index contributed by atoms with van der Waals surface area (Å²) in [6.45, 7) is 20.3. The largest absolute Gasteiger partial charge is 0.455 e. The predicted molar refractivity (Wildman–Crippen MR) is 288 cm³/mol. The Morgan fingerprint density at radius 1 is 0.500 bits per heavy atom. The Morgan fingerprint density at radius 2 is 1.09 bits per heavy atom. The van der Waals surface area contributed by atoms with Crippen molar-refractivity contribution in [2.75, 3.05) is 0 Å². The summed E-state index contributed by atoms with van der Waals surface area (Å²) in [4.78, 5) is 13.9. The van der Waals surface area contributed by atoms with Crippen molar-refractivity contribution < 1.29 is 24.5 Å². The van der Waals surface area contributed by atoms with Crippen LogP contribution in [0.1, 0.15) is 54.5 Å². The van der Waals surface area contributed by atoms with Crippen LogP contribution in [0.15, 0.2) is 193 Å². The van der Waals surface area contributed by atoms with Gasteiger partial charge in [-0.1, -0.05) is 168 Å². The van der Waals surface area contributed by atoms with Gasteiger partial charge in [-0.25, -0.2) is 0 Å². The molecule has 4 aromatic heterocycles. The Bertz CT molecular complexity index is 3250. The third-order valence-corrected chi connectivity index (χ3v) is 14.5. The molecule has 6 aromatic carbocycles. The minimum absolute atomic E-state index is 0. The van der Waals surface area contributed by atoms with Crippen molar-refractivity contribution in [2.45, 2.75) is 73.5 Å². The number of para-hydroxylation sites is 1. The van der Waals surface area contributed by atoms with Crippen LogP contribution in [0.4, 0.5) is 0 Å². The monoisotopic (exact) mass is 1080 g/mol. The summed E-state index contributed by atoms with van der Waals surface area (Å²) in [5.74, 6) is 0.548. The molecule has 1 radical (unpaired) electrons. The average molecular weight is 1080 g/mol. The number of rotatable bonds is 8. The number of fused-ring (bicyclic) bond motifs is 3. The number of aryl methyl sites for hydroxylation is 4. The standard InChI is InChI=1S/C32H25NO.C17H23NSi.C13H13N.Ir/c1-20-9-7-10-21(2)31(20)24-15-16-25-26-13-8-14-27(32(26)34-30(25)18-24)29-17-22(3)28(19-33-29)23-11-5-4-6-12-23;1-13(2)15-11-16(14-9-7-6-8-10-14)18-12-17(15)19(3,4)5;1-2-11-8-9-14-13(10-11)12-6-4-3-5-7-12;/h4-19H,1-3H3;6-13H,1-5H3;3-10H,2H2,1H3;. The molecule has 0 unspecified atom stereocenters. The number of hydrogen-bond donors (Lipinski definition) is 0. The zero-order chi connectivity index (χ0) is 47.1. The Kier molecular flexibility index (Phi) is 16.0. The van der Waals surface area contributed by atoms with Crippen molar-refractivity contribution in [1.82, 2.24) is 15.0 Å². The van der Waals surface area contributed by atoms with Crippen LogP contribution in [0.2, 0.25) is 19.6 Å². The SMILES string of the molecule is CC(C)c1cc(-c2ccccc2)ncc1[Si](C)(C)C.CCc1ccnc(-c2ccccc2)c1.Cc1cc(-c2cccc3c2oc2cc(-c4c(C)cccc4C)ccc23)ncc1-c1ccccc1.[Ir]. The molecule has 0 saturated carbocycles. The molecular formula is C62H61IrN3OSi. The molecule has 0 amide bonds. The molecule has 0 aliphatic rings. The van der Waals surface area contributed by atoms with Crippen LogP contribution < -0.4 is 5.19 Å². The smallest absolute Gasteiger partial charge is 0.144 e. The molecule has 343 valence electrons. The van der Waals surface area contributed by atoms with E-state index >= 15 is 0 Å². The third-order valence-electron chi connectivity index (χ3n) is 12.5. The Balaban J connectivity index is 0.000000170. The van der Waals surface area contributed by atoms with E-state index in [2.05, 4.69) is 212 Å². The molecule has 0 N–H and O–H groups in total. The van der Waals surface area contributed by atoms with Gasteiger partial charge in [0, 0.05) is 71.7 Å². The first-order chi connectivity index (χ1) is 32.4. The van der Waals surface area contributed by atoms with Crippen LogP contribution in [0, 0.1) is 20.8 Å². The first-order valence-corrected chi connectivity index (χ1v) is 27.0. The van der Waals surface area contributed by atoms with Gasteiger partial charge in [0.1, 0.15) is 11.2 Å². The Labute approximate surface area is 418 Å². The normalized spacial score (nSPS) is 11.1. The summed E-state index contributed by atoms with van der Waals surface area (Å²) in [5.41, 5.74) is 19.6. The number of pyridine rings is 3. The Hall–Kier alpha value is -6.56. The molecule has 0 aliphatic heterocycles. The van der Waals surface area contributed by atoms with Crippen LogP contribution in [-0.4, -0.2) is 23.0 Å². The maximum absolute atomic E-state index is 6.49. The topological polar surface area (TPSA) is 51.8 Å². The molecule has 4 nitrogen and oxygen atoms in total. The van der Waals surface area contributed by atoms with Gasteiger partial charge in [-0.2, -0.15) is 0 Å². The van der Waals surface area contributed by atoms with Gasteiger partial charge in [-0.15, -0.1) is 0 Å². The Morgan fingerprint density at radius 3 is 1.68 bits per heavy atom. The fourth-order valence-corrected chi connectivity index (χ4v) is 10.5. The van der Waals surface area contributed by atoms with Gasteiger partial charge >= 0.3 is 0 Å². The molecule has 0 aliphatic carbocycles. The summed E-state index contributed by atoms with van der Waals surface area (Å²) in [7, 11) is -1.33. The summed E-state index contributed by atoms with van der Waals surface area (Å²) < 4.78 is 6.49. The first kappa shape index (κ1) is 49.3. The van der Waals surface area contributed by atoms with Gasteiger partial charge in [0.15, 0.2) is 0 Å². The fraction of sp³-hybridized carbons (Fsp3) is 0.177. The van der Waals surface area contributed by atoms with Gasteiger partial charge in [0.2, 0.25) is 0 Å². The van der Waals surface area contributed by atoms with Crippen LogP contribution in [-0.2, 0) is 26.5 Å². The summed E-state index contributed by atoms with van der Waals surface area (Å²) >= 11 is 0. The molecule has 68 heavy (non-hydrogen) atoms. The van der Waals surface area contributed by atoms with E-state index in [4.69, 9.17) is 14.4 Å². The second-order valence-electron chi connectivity index (χ2n) is 18.7. The predicted octanol–water partition coefficient (Wildman–Crippen LogP) is 16.6. The molecule has 0 saturated heterocycles. The molecule has 0 fully saturated rings. The molecule has 4 heterocycles. The van der Waals surface area contributed by atoms with E-state index < -0.39 is 8.07 Å². The van der Waals surface area contributed by atoms with E-state index in [9.17, 15) is 0 Å². The van der Waals surface area contributed by atoms with Gasteiger partial charge in [-0.05, 0) is 125 Å². The minimum Gasteiger partial charge on any atom is -0.455 e. The van der Waals surface area contributed by atoms with Crippen molar-refractivity contribution in [3.63, 3.8) is 0 Å². The average Bonchev–Trinajstić information content (AvgIpc) is 3.73. The van der Waals surface area contributed by atoms with E-state index in [-0.39, 0.29) is 20.1 Å². The van der Waals surface area contributed by atoms with E-state index in [0.29, 0.717) is 5.92 Å². The third kappa shape index (κ3) is 11.2. The van der Waals surface area contributed by atoms with E-state index in [1.807, 2.05) is 42.7 Å².